The van der Waals surface area contributed by atoms with Crippen molar-refractivity contribution in [3.8, 4) is 16.9 Å². The van der Waals surface area contributed by atoms with Gasteiger partial charge in [-0.3, -0.25) is 4.79 Å². The quantitative estimate of drug-likeness (QED) is 0.909. The summed E-state index contributed by atoms with van der Waals surface area (Å²) in [6.07, 6.45) is 1.63. The molecule has 0 spiro atoms. The largest absolute Gasteiger partial charge is 0.504 e. The lowest BCUT2D eigenvalue weighted by Gasteiger charge is -2.19. The molecule has 2 rings (SSSR count). The minimum atomic E-state index is -0.481. The molecule has 5 nitrogen and oxygen atoms in total. The first kappa shape index (κ1) is 16.1. The van der Waals surface area contributed by atoms with Crippen molar-refractivity contribution in [3.63, 3.8) is 0 Å². The number of hydrogen-bond donors (Lipinski definition) is 2. The first-order chi connectivity index (χ1) is 10.4. The zero-order valence-corrected chi connectivity index (χ0v) is 13.4. The van der Waals surface area contributed by atoms with E-state index in [1.807, 2.05) is 12.1 Å². The molecule has 0 aliphatic heterocycles. The number of carbonyl (C=O) groups excluding carboxylic acids is 1. The lowest BCUT2D eigenvalue weighted by Crippen LogP contribution is -2.36. The first-order valence-electron chi connectivity index (χ1n) is 6.81. The Balaban J connectivity index is 2.22. The molecule has 1 atom stereocenters. The van der Waals surface area contributed by atoms with E-state index in [9.17, 15) is 9.90 Å². The van der Waals surface area contributed by atoms with Gasteiger partial charge in [-0.1, -0.05) is 23.7 Å². The van der Waals surface area contributed by atoms with Gasteiger partial charge in [0.1, 0.15) is 6.04 Å². The third-order valence-corrected chi connectivity index (χ3v) is 3.43. The number of carbonyl (C=O) groups is 1. The van der Waals surface area contributed by atoms with E-state index in [-0.39, 0.29) is 17.5 Å². The summed E-state index contributed by atoms with van der Waals surface area (Å²) < 4.78 is 0. The minimum absolute atomic E-state index is 0.0177. The predicted octanol–water partition coefficient (Wildman–Crippen LogP) is 3.00. The Bertz CT molecular complexity index is 689. The lowest BCUT2D eigenvalue weighted by atomic mass is 10.1. The smallest absolute Gasteiger partial charge is 0.244 e. The fourth-order valence-corrected chi connectivity index (χ4v) is 2.23. The van der Waals surface area contributed by atoms with Gasteiger partial charge in [0.2, 0.25) is 5.91 Å². The summed E-state index contributed by atoms with van der Waals surface area (Å²) in [5.74, 6) is 0.157. The number of likely N-dealkylation sites (N-methyl/N-ethyl adjacent to an activating group) is 1. The van der Waals surface area contributed by atoms with Crippen molar-refractivity contribution in [2.75, 3.05) is 19.4 Å². The molecule has 1 heterocycles. The van der Waals surface area contributed by atoms with Gasteiger partial charge in [-0.05, 0) is 30.7 Å². The summed E-state index contributed by atoms with van der Waals surface area (Å²) in [4.78, 5) is 17.5. The number of aromatic hydroxyl groups is 1. The molecule has 116 valence electrons. The highest BCUT2D eigenvalue weighted by Gasteiger charge is 2.17. The van der Waals surface area contributed by atoms with Crippen LogP contribution in [0, 0.1) is 0 Å². The van der Waals surface area contributed by atoms with Crippen LogP contribution in [-0.4, -0.2) is 41.0 Å². The summed E-state index contributed by atoms with van der Waals surface area (Å²) in [6.45, 7) is 1.72. The Kier molecular flexibility index (Phi) is 4.88. The van der Waals surface area contributed by atoms with E-state index in [1.165, 1.54) is 4.90 Å². The van der Waals surface area contributed by atoms with Crippen molar-refractivity contribution >= 4 is 23.3 Å². The van der Waals surface area contributed by atoms with E-state index in [0.717, 1.165) is 11.1 Å². The third-order valence-electron chi connectivity index (χ3n) is 3.19. The number of halogens is 1. The average molecular weight is 320 g/mol. The fourth-order valence-electron chi connectivity index (χ4n) is 2.04. The highest BCUT2D eigenvalue weighted by Crippen LogP contribution is 2.29. The third kappa shape index (κ3) is 3.68. The van der Waals surface area contributed by atoms with Crippen LogP contribution in [0.25, 0.3) is 11.1 Å². The number of rotatable bonds is 4. The molecule has 0 bridgehead atoms. The van der Waals surface area contributed by atoms with Crippen molar-refractivity contribution in [1.29, 1.82) is 0 Å². The van der Waals surface area contributed by atoms with E-state index in [4.69, 9.17) is 11.6 Å². The number of nitrogens with zero attached hydrogens (tertiary/aromatic N) is 2. The molecule has 0 saturated heterocycles. The predicted molar refractivity (Wildman–Crippen MR) is 88.1 cm³/mol. The normalized spacial score (nSPS) is 11.8. The second kappa shape index (κ2) is 6.66. The van der Waals surface area contributed by atoms with Gasteiger partial charge in [0, 0.05) is 30.9 Å². The molecule has 0 radical (unpaired) electrons. The molecule has 1 unspecified atom stereocenters. The summed E-state index contributed by atoms with van der Waals surface area (Å²) in [5, 5.41) is 13.6. The second-order valence-electron chi connectivity index (χ2n) is 5.20. The monoisotopic (exact) mass is 319 g/mol. The summed E-state index contributed by atoms with van der Waals surface area (Å²) >= 11 is 5.96. The Morgan fingerprint density at radius 3 is 2.64 bits per heavy atom. The maximum atomic E-state index is 11.8. The van der Waals surface area contributed by atoms with Crippen molar-refractivity contribution in [3.05, 3.63) is 41.6 Å². The average Bonchev–Trinajstić information content (AvgIpc) is 2.48. The molecule has 1 amide bonds. The molecule has 0 aliphatic carbocycles. The molecule has 1 aromatic heterocycles. The highest BCUT2D eigenvalue weighted by molar-refractivity contribution is 6.30. The number of anilines is 1. The van der Waals surface area contributed by atoms with Crippen LogP contribution in [0.4, 0.5) is 5.82 Å². The molecule has 2 N–H and O–H groups in total. The van der Waals surface area contributed by atoms with Crippen LogP contribution >= 0.6 is 11.6 Å². The summed E-state index contributed by atoms with van der Waals surface area (Å²) in [7, 11) is 3.35. The van der Waals surface area contributed by atoms with E-state index in [1.54, 1.807) is 45.4 Å². The van der Waals surface area contributed by atoms with Crippen LogP contribution in [0.3, 0.4) is 0 Å². The zero-order valence-electron chi connectivity index (χ0n) is 12.7. The number of hydrogen-bond acceptors (Lipinski definition) is 4. The van der Waals surface area contributed by atoms with E-state index in [0.29, 0.717) is 5.02 Å². The van der Waals surface area contributed by atoms with E-state index < -0.39 is 6.04 Å². The summed E-state index contributed by atoms with van der Waals surface area (Å²) in [5.41, 5.74) is 1.61. The minimum Gasteiger partial charge on any atom is -0.504 e. The molecule has 6 heteroatoms. The van der Waals surface area contributed by atoms with Gasteiger partial charge in [-0.2, -0.15) is 0 Å². The van der Waals surface area contributed by atoms with Gasteiger partial charge in [0.25, 0.3) is 0 Å². The zero-order chi connectivity index (χ0) is 16.3. The standard InChI is InChI=1S/C16H18ClN3O2/c1-10(16(22)20(2)3)19-15-14(21)8-12(9-18-15)11-5-4-6-13(17)7-11/h4-10,21H,1-3H3,(H,18,19). The number of amides is 1. The fraction of sp³-hybridized carbons (Fsp3) is 0.250. The topological polar surface area (TPSA) is 65.5 Å². The van der Waals surface area contributed by atoms with Gasteiger partial charge in [0.05, 0.1) is 0 Å². The number of aromatic nitrogens is 1. The molecule has 0 fully saturated rings. The second-order valence-corrected chi connectivity index (χ2v) is 5.64. The lowest BCUT2D eigenvalue weighted by molar-refractivity contribution is -0.129. The van der Waals surface area contributed by atoms with Crippen LogP contribution in [0.2, 0.25) is 5.02 Å². The van der Waals surface area contributed by atoms with Crippen molar-refractivity contribution < 1.29 is 9.90 Å². The molecule has 22 heavy (non-hydrogen) atoms. The van der Waals surface area contributed by atoms with Crippen molar-refractivity contribution in [1.82, 2.24) is 9.88 Å². The van der Waals surface area contributed by atoms with Crippen LogP contribution in [-0.2, 0) is 4.79 Å². The van der Waals surface area contributed by atoms with Crippen LogP contribution in [0.15, 0.2) is 36.5 Å². The van der Waals surface area contributed by atoms with E-state index >= 15 is 0 Å². The summed E-state index contributed by atoms with van der Waals surface area (Å²) in [6, 6.07) is 8.40. The Morgan fingerprint density at radius 2 is 2.05 bits per heavy atom. The van der Waals surface area contributed by atoms with E-state index in [2.05, 4.69) is 10.3 Å². The molecule has 0 aliphatic rings. The van der Waals surface area contributed by atoms with Crippen LogP contribution in [0.1, 0.15) is 6.92 Å². The molecule has 1 aromatic carbocycles. The number of pyridine rings is 1. The van der Waals surface area contributed by atoms with Crippen LogP contribution < -0.4 is 5.32 Å². The molecule has 2 aromatic rings. The Morgan fingerprint density at radius 1 is 1.32 bits per heavy atom. The van der Waals surface area contributed by atoms with Gasteiger partial charge in [0.15, 0.2) is 11.6 Å². The Labute approximate surface area is 134 Å². The molecule has 0 saturated carbocycles. The van der Waals surface area contributed by atoms with Crippen molar-refractivity contribution in [2.24, 2.45) is 0 Å². The van der Waals surface area contributed by atoms with Gasteiger partial charge in [-0.15, -0.1) is 0 Å². The van der Waals surface area contributed by atoms with Crippen LogP contribution in [0.5, 0.6) is 5.75 Å². The SMILES string of the molecule is CC(Nc1ncc(-c2cccc(Cl)c2)cc1O)C(=O)N(C)C. The maximum absolute atomic E-state index is 11.8. The Hall–Kier alpha value is -2.27. The van der Waals surface area contributed by atoms with Gasteiger partial charge in [-0.25, -0.2) is 4.98 Å². The molecular formula is C16H18ClN3O2. The number of benzene rings is 1. The molecular weight excluding hydrogens is 302 g/mol. The highest BCUT2D eigenvalue weighted by atomic mass is 35.5. The van der Waals surface area contributed by atoms with Gasteiger partial charge >= 0.3 is 0 Å². The van der Waals surface area contributed by atoms with Gasteiger partial charge < -0.3 is 15.3 Å². The maximum Gasteiger partial charge on any atom is 0.244 e. The first-order valence-corrected chi connectivity index (χ1v) is 7.19. The van der Waals surface area contributed by atoms with Crippen molar-refractivity contribution in [2.45, 2.75) is 13.0 Å². The number of nitrogens with one attached hydrogen (secondary N) is 1.